The molecule has 0 aliphatic rings. The Hall–Kier alpha value is 1.38. The second kappa shape index (κ2) is 6.22. The van der Waals surface area contributed by atoms with Crippen molar-refractivity contribution in [3.05, 3.63) is 51.0 Å². The van der Waals surface area contributed by atoms with Gasteiger partial charge in [-0.25, -0.2) is 0 Å². The minimum absolute atomic E-state index is 0.133. The predicted molar refractivity (Wildman–Crippen MR) is 94.3 cm³/mol. The summed E-state index contributed by atoms with van der Waals surface area (Å²) < 4.78 is 4.34. The molecule has 0 N–H and O–H groups in total. The molecule has 0 bridgehead atoms. The molecule has 0 saturated carbocycles. The number of thiophene rings is 1. The van der Waals surface area contributed by atoms with Gasteiger partial charge in [0.05, 0.1) is 9.16 Å². The summed E-state index contributed by atoms with van der Waals surface area (Å²) in [6.45, 7) is 0. The topological polar surface area (TPSA) is 0 Å². The van der Waals surface area contributed by atoms with Gasteiger partial charge in [0.25, 0.3) is 0 Å². The summed E-state index contributed by atoms with van der Waals surface area (Å²) in [6, 6.07) is 8.24. The Balaban J connectivity index is 2.42. The zero-order chi connectivity index (χ0) is 12.6. The molecule has 0 nitrogen and oxygen atoms in total. The van der Waals surface area contributed by atoms with Gasteiger partial charge in [-0.1, -0.05) is 15.9 Å². The van der Waals surface area contributed by atoms with Crippen LogP contribution in [-0.4, -0.2) is 0 Å². The lowest BCUT2D eigenvalue weighted by molar-refractivity contribution is 1.16. The second-order valence-electron chi connectivity index (χ2n) is 3.30. The van der Waals surface area contributed by atoms with Gasteiger partial charge in [0, 0.05) is 17.4 Å². The molecular formula is C11H5Br3ClIS. The zero-order valence-corrected chi connectivity index (χ0v) is 16.7. The van der Waals surface area contributed by atoms with E-state index in [2.05, 4.69) is 88.6 Å². The number of halogens is 5. The van der Waals surface area contributed by atoms with Crippen molar-refractivity contribution in [3.8, 4) is 0 Å². The minimum Gasteiger partial charge on any atom is -0.130 e. The van der Waals surface area contributed by atoms with Gasteiger partial charge in [0.15, 0.2) is 0 Å². The van der Waals surface area contributed by atoms with Gasteiger partial charge in [-0.3, -0.25) is 0 Å². The van der Waals surface area contributed by atoms with E-state index >= 15 is 0 Å². The maximum Gasteiger partial charge on any atom is 0.0939 e. The van der Waals surface area contributed by atoms with Crippen LogP contribution in [0.2, 0.25) is 0 Å². The Morgan fingerprint density at radius 1 is 1.12 bits per heavy atom. The van der Waals surface area contributed by atoms with E-state index in [1.807, 2.05) is 6.07 Å². The predicted octanol–water partition coefficient (Wildman–Crippen LogP) is 6.97. The van der Waals surface area contributed by atoms with Gasteiger partial charge in [-0.05, 0) is 84.3 Å². The van der Waals surface area contributed by atoms with E-state index in [1.54, 1.807) is 11.3 Å². The molecule has 0 amide bonds. The normalized spacial score (nSPS) is 12.8. The van der Waals surface area contributed by atoms with Crippen LogP contribution in [0.15, 0.2) is 37.0 Å². The zero-order valence-electron chi connectivity index (χ0n) is 8.18. The van der Waals surface area contributed by atoms with E-state index in [-0.39, 0.29) is 5.38 Å². The summed E-state index contributed by atoms with van der Waals surface area (Å²) in [5, 5.41) is -0.133. The van der Waals surface area contributed by atoms with E-state index in [4.69, 9.17) is 11.6 Å². The van der Waals surface area contributed by atoms with E-state index in [9.17, 15) is 0 Å². The fourth-order valence-electron chi connectivity index (χ4n) is 1.35. The minimum atomic E-state index is -0.133. The number of rotatable bonds is 2. The number of benzene rings is 1. The molecule has 6 heteroatoms. The molecular weight excluding hydrogens is 566 g/mol. The molecule has 1 aromatic carbocycles. The summed E-state index contributed by atoms with van der Waals surface area (Å²) in [5.74, 6) is 0. The van der Waals surface area contributed by atoms with Gasteiger partial charge in [0.2, 0.25) is 0 Å². The molecule has 2 aromatic rings. The SMILES string of the molecule is ClC(c1cc(Br)c(Br)s1)c1cc(I)ccc1Br. The molecule has 0 spiro atoms. The first kappa shape index (κ1) is 14.8. The molecule has 1 heterocycles. The van der Waals surface area contributed by atoms with Crippen LogP contribution in [-0.2, 0) is 0 Å². The maximum absolute atomic E-state index is 6.53. The van der Waals surface area contributed by atoms with E-state index in [0.717, 1.165) is 23.2 Å². The Morgan fingerprint density at radius 2 is 1.82 bits per heavy atom. The highest BCUT2D eigenvalue weighted by molar-refractivity contribution is 14.1. The monoisotopic (exact) mass is 568 g/mol. The molecule has 17 heavy (non-hydrogen) atoms. The first-order valence-electron chi connectivity index (χ1n) is 4.53. The summed E-state index contributed by atoms with van der Waals surface area (Å²) in [7, 11) is 0. The highest BCUT2D eigenvalue weighted by Gasteiger charge is 2.18. The lowest BCUT2D eigenvalue weighted by atomic mass is 10.1. The van der Waals surface area contributed by atoms with Gasteiger partial charge in [0.1, 0.15) is 0 Å². The van der Waals surface area contributed by atoms with E-state index in [1.165, 1.54) is 3.57 Å². The molecule has 90 valence electrons. The van der Waals surface area contributed by atoms with Gasteiger partial charge in [-0.15, -0.1) is 22.9 Å². The average molecular weight is 571 g/mol. The molecule has 1 unspecified atom stereocenters. The van der Waals surface area contributed by atoms with Crippen LogP contribution < -0.4 is 0 Å². The Kier molecular flexibility index (Phi) is 5.41. The standard InChI is InChI=1S/C11H5Br3ClIS/c12-7-2-1-5(16)3-6(7)10(15)9-4-8(13)11(14)17-9/h1-4,10H. The molecule has 0 aliphatic carbocycles. The number of alkyl halides is 1. The van der Waals surface area contributed by atoms with Crippen LogP contribution in [0.25, 0.3) is 0 Å². The van der Waals surface area contributed by atoms with Crippen LogP contribution in [0, 0.1) is 3.57 Å². The van der Waals surface area contributed by atoms with Crippen molar-refractivity contribution in [2.24, 2.45) is 0 Å². The lowest BCUT2D eigenvalue weighted by Gasteiger charge is -2.10. The van der Waals surface area contributed by atoms with Gasteiger partial charge >= 0.3 is 0 Å². The molecule has 0 saturated heterocycles. The summed E-state index contributed by atoms with van der Waals surface area (Å²) >= 11 is 21.0. The van der Waals surface area contributed by atoms with Crippen LogP contribution in [0.3, 0.4) is 0 Å². The maximum atomic E-state index is 6.53. The molecule has 1 aromatic heterocycles. The Bertz CT molecular complexity index is 536. The van der Waals surface area contributed by atoms with Crippen molar-refractivity contribution in [3.63, 3.8) is 0 Å². The third-order valence-corrected chi connectivity index (χ3v) is 7.46. The van der Waals surface area contributed by atoms with Crippen LogP contribution in [0.4, 0.5) is 0 Å². The molecule has 0 fully saturated rings. The fraction of sp³-hybridized carbons (Fsp3) is 0.0909. The molecule has 1 atom stereocenters. The van der Waals surface area contributed by atoms with Crippen molar-refractivity contribution < 1.29 is 0 Å². The highest BCUT2D eigenvalue weighted by Crippen LogP contribution is 2.42. The van der Waals surface area contributed by atoms with Crippen LogP contribution >= 0.6 is 93.3 Å². The van der Waals surface area contributed by atoms with Crippen molar-refractivity contribution in [2.45, 2.75) is 5.38 Å². The third-order valence-electron chi connectivity index (χ3n) is 2.15. The van der Waals surface area contributed by atoms with Gasteiger partial charge in [-0.2, -0.15) is 0 Å². The number of hydrogen-bond acceptors (Lipinski definition) is 1. The van der Waals surface area contributed by atoms with Crippen molar-refractivity contribution in [1.29, 1.82) is 0 Å². The smallest absolute Gasteiger partial charge is 0.0939 e. The average Bonchev–Trinajstić information content (AvgIpc) is 2.62. The van der Waals surface area contributed by atoms with Crippen LogP contribution in [0.1, 0.15) is 15.8 Å². The molecule has 0 aliphatic heterocycles. The van der Waals surface area contributed by atoms with E-state index < -0.39 is 0 Å². The van der Waals surface area contributed by atoms with Crippen molar-refractivity contribution in [2.75, 3.05) is 0 Å². The second-order valence-corrected chi connectivity index (χ2v) is 9.09. The number of hydrogen-bond donors (Lipinski definition) is 0. The first-order valence-corrected chi connectivity index (χ1v) is 9.24. The third kappa shape index (κ3) is 3.48. The largest absolute Gasteiger partial charge is 0.130 e. The van der Waals surface area contributed by atoms with Crippen LogP contribution in [0.5, 0.6) is 0 Å². The Morgan fingerprint density at radius 3 is 2.41 bits per heavy atom. The lowest BCUT2D eigenvalue weighted by Crippen LogP contribution is -1.92. The van der Waals surface area contributed by atoms with Gasteiger partial charge < -0.3 is 0 Å². The first-order chi connectivity index (χ1) is 7.99. The fourth-order valence-corrected chi connectivity index (χ4v) is 4.94. The quantitative estimate of drug-likeness (QED) is 0.270. The summed E-state index contributed by atoms with van der Waals surface area (Å²) in [6.07, 6.45) is 0. The molecule has 0 radical (unpaired) electrons. The summed E-state index contributed by atoms with van der Waals surface area (Å²) in [5.41, 5.74) is 1.10. The molecule has 2 rings (SSSR count). The van der Waals surface area contributed by atoms with Crippen molar-refractivity contribution in [1.82, 2.24) is 0 Å². The summed E-state index contributed by atoms with van der Waals surface area (Å²) in [4.78, 5) is 1.12. The van der Waals surface area contributed by atoms with E-state index in [0.29, 0.717) is 0 Å². The Labute approximate surface area is 148 Å². The van der Waals surface area contributed by atoms with Crippen molar-refractivity contribution >= 4 is 93.3 Å². The highest BCUT2D eigenvalue weighted by atomic mass is 127.